The van der Waals surface area contributed by atoms with E-state index in [4.69, 9.17) is 10.5 Å². The van der Waals surface area contributed by atoms with Crippen LogP contribution in [0.5, 0.6) is 10.9 Å². The van der Waals surface area contributed by atoms with Crippen LogP contribution in [0.3, 0.4) is 0 Å². The van der Waals surface area contributed by atoms with Gasteiger partial charge >= 0.3 is 0 Å². The highest BCUT2D eigenvalue weighted by Crippen LogP contribution is 2.31. The Labute approximate surface area is 104 Å². The Morgan fingerprint density at radius 3 is 2.71 bits per heavy atom. The first-order valence-electron chi connectivity index (χ1n) is 5.11. The molecule has 17 heavy (non-hydrogen) atoms. The predicted molar refractivity (Wildman–Crippen MR) is 69.9 cm³/mol. The van der Waals surface area contributed by atoms with Gasteiger partial charge in [-0.15, -0.1) is 0 Å². The summed E-state index contributed by atoms with van der Waals surface area (Å²) in [7, 11) is 3.93. The molecule has 0 saturated heterocycles. The minimum atomic E-state index is 0.505. The fraction of sp³-hybridized carbons (Fsp3) is 0.273. The molecule has 1 heterocycles. The molecule has 1 aromatic carbocycles. The molecule has 2 aromatic rings. The van der Waals surface area contributed by atoms with Crippen molar-refractivity contribution in [3.05, 3.63) is 24.0 Å². The van der Waals surface area contributed by atoms with Crippen molar-refractivity contribution in [3.8, 4) is 10.9 Å². The second-order valence-electron chi connectivity index (χ2n) is 3.83. The van der Waals surface area contributed by atoms with E-state index in [1.807, 2.05) is 44.1 Å². The van der Waals surface area contributed by atoms with Gasteiger partial charge in [0, 0.05) is 37.4 Å². The van der Waals surface area contributed by atoms with Crippen LogP contribution in [0.4, 0.5) is 11.4 Å². The van der Waals surface area contributed by atoms with Crippen molar-refractivity contribution in [1.82, 2.24) is 9.36 Å². The van der Waals surface area contributed by atoms with E-state index < -0.39 is 0 Å². The molecule has 0 bridgehead atoms. The SMILES string of the molecule is Cc1nsc(Oc2cc(N(C)C)ccc2N)n1. The zero-order valence-electron chi connectivity index (χ0n) is 9.97. The molecule has 0 radical (unpaired) electrons. The minimum absolute atomic E-state index is 0.505. The molecule has 90 valence electrons. The molecule has 0 aliphatic carbocycles. The standard InChI is InChI=1S/C11H14N4OS/c1-7-13-11(17-14-7)16-10-6-8(15(2)3)4-5-9(10)12/h4-6H,12H2,1-3H3. The fourth-order valence-electron chi connectivity index (χ4n) is 1.30. The Morgan fingerprint density at radius 1 is 1.35 bits per heavy atom. The predicted octanol–water partition coefficient (Wildman–Crippen LogP) is 2.29. The Bertz CT molecular complexity index is 524. The highest BCUT2D eigenvalue weighted by Gasteiger charge is 2.08. The normalized spacial score (nSPS) is 10.3. The lowest BCUT2D eigenvalue weighted by molar-refractivity contribution is 0.480. The van der Waals surface area contributed by atoms with Crippen LogP contribution in [0, 0.1) is 6.92 Å². The highest BCUT2D eigenvalue weighted by molar-refractivity contribution is 7.07. The van der Waals surface area contributed by atoms with Crippen molar-refractivity contribution in [3.63, 3.8) is 0 Å². The number of benzene rings is 1. The van der Waals surface area contributed by atoms with Gasteiger partial charge in [0.2, 0.25) is 0 Å². The molecule has 0 fully saturated rings. The third kappa shape index (κ3) is 2.65. The molecule has 0 amide bonds. The average molecular weight is 250 g/mol. The molecule has 6 heteroatoms. The maximum atomic E-state index is 5.86. The lowest BCUT2D eigenvalue weighted by Gasteiger charge is -2.14. The van der Waals surface area contributed by atoms with Crippen LogP contribution in [0.25, 0.3) is 0 Å². The monoisotopic (exact) mass is 250 g/mol. The van der Waals surface area contributed by atoms with Crippen LogP contribution >= 0.6 is 11.5 Å². The number of hydrogen-bond donors (Lipinski definition) is 1. The molecule has 0 aliphatic heterocycles. The van der Waals surface area contributed by atoms with Gasteiger partial charge in [-0.05, 0) is 19.1 Å². The average Bonchev–Trinajstić information content (AvgIpc) is 2.67. The van der Waals surface area contributed by atoms with Gasteiger partial charge in [-0.3, -0.25) is 0 Å². The number of nitrogens with two attached hydrogens (primary N) is 1. The van der Waals surface area contributed by atoms with Crippen molar-refractivity contribution in [1.29, 1.82) is 0 Å². The number of rotatable bonds is 3. The van der Waals surface area contributed by atoms with Crippen LogP contribution in [-0.4, -0.2) is 23.5 Å². The first kappa shape index (κ1) is 11.7. The maximum Gasteiger partial charge on any atom is 0.298 e. The molecule has 0 unspecified atom stereocenters. The van der Waals surface area contributed by atoms with E-state index in [0.717, 1.165) is 5.69 Å². The third-order valence-electron chi connectivity index (χ3n) is 2.22. The van der Waals surface area contributed by atoms with Gasteiger partial charge in [0.25, 0.3) is 5.19 Å². The number of anilines is 2. The summed E-state index contributed by atoms with van der Waals surface area (Å²) in [6.45, 7) is 1.82. The molecular weight excluding hydrogens is 236 g/mol. The van der Waals surface area contributed by atoms with Gasteiger partial charge in [0.05, 0.1) is 5.69 Å². The molecule has 0 aliphatic rings. The molecule has 0 saturated carbocycles. The summed E-state index contributed by atoms with van der Waals surface area (Å²) in [5.41, 5.74) is 7.47. The number of aromatic nitrogens is 2. The van der Waals surface area contributed by atoms with E-state index in [9.17, 15) is 0 Å². The van der Waals surface area contributed by atoms with Crippen LogP contribution in [0.2, 0.25) is 0 Å². The second-order valence-corrected chi connectivity index (χ2v) is 4.54. The number of nitrogens with zero attached hydrogens (tertiary/aromatic N) is 3. The molecule has 2 N–H and O–H groups in total. The summed E-state index contributed by atoms with van der Waals surface area (Å²) < 4.78 is 9.67. The molecule has 0 atom stereocenters. The van der Waals surface area contributed by atoms with Crippen molar-refractivity contribution >= 4 is 22.9 Å². The van der Waals surface area contributed by atoms with Crippen molar-refractivity contribution in [2.45, 2.75) is 6.92 Å². The van der Waals surface area contributed by atoms with Crippen LogP contribution in [-0.2, 0) is 0 Å². The Kier molecular flexibility index (Phi) is 3.14. The van der Waals surface area contributed by atoms with Gasteiger partial charge in [-0.1, -0.05) is 0 Å². The second kappa shape index (κ2) is 4.58. The van der Waals surface area contributed by atoms with Crippen molar-refractivity contribution in [2.24, 2.45) is 0 Å². The number of hydrogen-bond acceptors (Lipinski definition) is 6. The third-order valence-corrected chi connectivity index (χ3v) is 2.91. The minimum Gasteiger partial charge on any atom is -0.428 e. The lowest BCUT2D eigenvalue weighted by atomic mass is 10.2. The zero-order valence-corrected chi connectivity index (χ0v) is 10.8. The quantitative estimate of drug-likeness (QED) is 0.847. The zero-order chi connectivity index (χ0) is 12.4. The van der Waals surface area contributed by atoms with Gasteiger partial charge in [0.15, 0.2) is 5.75 Å². The maximum absolute atomic E-state index is 5.86. The Balaban J connectivity index is 2.28. The number of ether oxygens (including phenoxy) is 1. The van der Waals surface area contributed by atoms with Crippen molar-refractivity contribution < 1.29 is 4.74 Å². The van der Waals surface area contributed by atoms with Crippen molar-refractivity contribution in [2.75, 3.05) is 24.7 Å². The summed E-state index contributed by atoms with van der Waals surface area (Å²) in [5, 5.41) is 0.505. The first-order valence-corrected chi connectivity index (χ1v) is 5.88. The van der Waals surface area contributed by atoms with E-state index in [-0.39, 0.29) is 0 Å². The Hall–Kier alpha value is -1.82. The highest BCUT2D eigenvalue weighted by atomic mass is 32.1. The van der Waals surface area contributed by atoms with Gasteiger partial charge < -0.3 is 15.4 Å². The Morgan fingerprint density at radius 2 is 2.12 bits per heavy atom. The van der Waals surface area contributed by atoms with Crippen LogP contribution in [0.1, 0.15) is 5.82 Å². The summed E-state index contributed by atoms with van der Waals surface area (Å²) in [6, 6.07) is 5.64. The van der Waals surface area contributed by atoms with E-state index in [2.05, 4.69) is 9.36 Å². The molecular formula is C11H14N4OS. The molecule has 1 aromatic heterocycles. The summed E-state index contributed by atoms with van der Waals surface area (Å²) in [4.78, 5) is 6.12. The van der Waals surface area contributed by atoms with E-state index >= 15 is 0 Å². The van der Waals surface area contributed by atoms with Crippen LogP contribution in [0.15, 0.2) is 18.2 Å². The fourth-order valence-corrected chi connectivity index (χ4v) is 1.85. The number of aryl methyl sites for hydroxylation is 1. The first-order chi connectivity index (χ1) is 8.06. The van der Waals surface area contributed by atoms with Gasteiger partial charge in [-0.2, -0.15) is 9.36 Å². The van der Waals surface area contributed by atoms with E-state index in [1.165, 1.54) is 11.5 Å². The molecule has 2 rings (SSSR count). The summed E-state index contributed by atoms with van der Waals surface area (Å²) in [6.07, 6.45) is 0. The lowest BCUT2D eigenvalue weighted by Crippen LogP contribution is -2.08. The molecule has 0 spiro atoms. The smallest absolute Gasteiger partial charge is 0.298 e. The van der Waals surface area contributed by atoms with E-state index in [1.54, 1.807) is 0 Å². The van der Waals surface area contributed by atoms with Gasteiger partial charge in [-0.25, -0.2) is 0 Å². The summed E-state index contributed by atoms with van der Waals surface area (Å²) in [5.74, 6) is 1.31. The largest absolute Gasteiger partial charge is 0.428 e. The molecule has 5 nitrogen and oxygen atoms in total. The van der Waals surface area contributed by atoms with Crippen LogP contribution < -0.4 is 15.4 Å². The van der Waals surface area contributed by atoms with Gasteiger partial charge in [0.1, 0.15) is 5.82 Å². The van der Waals surface area contributed by atoms with E-state index in [0.29, 0.717) is 22.5 Å². The summed E-state index contributed by atoms with van der Waals surface area (Å²) >= 11 is 1.21. The topological polar surface area (TPSA) is 64.3 Å². The number of nitrogen functional groups attached to an aromatic ring is 1.